The van der Waals surface area contributed by atoms with Crippen LogP contribution in [-0.2, 0) is 6.42 Å². The van der Waals surface area contributed by atoms with Crippen molar-refractivity contribution in [2.24, 2.45) is 4.99 Å². The maximum absolute atomic E-state index is 14.2. The van der Waals surface area contributed by atoms with Crippen LogP contribution >= 0.6 is 0 Å². The Balaban J connectivity index is 2.45. The summed E-state index contributed by atoms with van der Waals surface area (Å²) < 4.78 is 29.5. The number of aromatic nitrogens is 1. The summed E-state index contributed by atoms with van der Waals surface area (Å²) in [6.07, 6.45) is 3.64. The number of halogens is 2. The molecule has 0 unspecified atom stereocenters. The minimum atomic E-state index is -2.60. The summed E-state index contributed by atoms with van der Waals surface area (Å²) in [4.78, 5) is 4.81. The molecule has 1 aliphatic rings. The van der Waals surface area contributed by atoms with E-state index in [1.807, 2.05) is 19.9 Å². The molecule has 0 N–H and O–H groups in total. The van der Waals surface area contributed by atoms with Gasteiger partial charge in [0.1, 0.15) is 0 Å². The van der Waals surface area contributed by atoms with Gasteiger partial charge in [0.25, 0.3) is 0 Å². The molecule has 152 valence electrons. The number of benzene rings is 1. The Hall–Kier alpha value is -2.43. The minimum absolute atomic E-state index is 0.546. The van der Waals surface area contributed by atoms with Crippen LogP contribution in [0.25, 0.3) is 5.57 Å². The van der Waals surface area contributed by atoms with E-state index in [0.29, 0.717) is 17.8 Å². The third-order valence-corrected chi connectivity index (χ3v) is 5.86. The maximum atomic E-state index is 14.2. The van der Waals surface area contributed by atoms with Crippen molar-refractivity contribution in [3.05, 3.63) is 74.8 Å². The van der Waals surface area contributed by atoms with Gasteiger partial charge in [-0.2, -0.15) is 0 Å². The molecular formula is C24H29BF2N2. The first-order chi connectivity index (χ1) is 13.7. The average Bonchev–Trinajstić information content (AvgIpc) is 3.17. The van der Waals surface area contributed by atoms with Crippen LogP contribution in [0.15, 0.2) is 40.5 Å². The predicted molar refractivity (Wildman–Crippen MR) is 120 cm³/mol. The second-order valence-corrected chi connectivity index (χ2v) is 7.90. The van der Waals surface area contributed by atoms with E-state index < -0.39 is 7.40 Å². The van der Waals surface area contributed by atoms with Crippen molar-refractivity contribution in [2.75, 3.05) is 0 Å². The molecular weight excluding hydrogens is 365 g/mol. The number of hydrogen-bond donors (Lipinski definition) is 0. The highest BCUT2D eigenvalue weighted by atomic mass is 19.2. The minimum Gasteiger partial charge on any atom is -0.329 e. The first kappa shape index (κ1) is 21.3. The van der Waals surface area contributed by atoms with E-state index in [1.54, 1.807) is 6.92 Å². The van der Waals surface area contributed by atoms with E-state index in [1.165, 1.54) is 10.0 Å². The van der Waals surface area contributed by atoms with Crippen LogP contribution in [0.4, 0.5) is 8.63 Å². The van der Waals surface area contributed by atoms with Crippen LogP contribution in [0.2, 0.25) is 0 Å². The Morgan fingerprint density at radius 3 is 2.07 bits per heavy atom. The van der Waals surface area contributed by atoms with Gasteiger partial charge in [-0.15, -0.1) is 0 Å². The molecule has 0 bridgehead atoms. The third kappa shape index (κ3) is 3.75. The number of rotatable bonds is 5. The van der Waals surface area contributed by atoms with Crippen LogP contribution in [0.5, 0.6) is 0 Å². The molecule has 0 fully saturated rings. The summed E-state index contributed by atoms with van der Waals surface area (Å²) in [5.74, 6) is 0. The number of hydrogen-bond acceptors (Lipinski definition) is 1. The normalized spacial score (nSPS) is 15.5. The van der Waals surface area contributed by atoms with Gasteiger partial charge >= 0.3 is 7.40 Å². The van der Waals surface area contributed by atoms with Crippen molar-refractivity contribution in [1.82, 2.24) is 4.48 Å². The standard InChI is InChI=1S/C24H29BF2N2/c1-8-19-12-21(28-17(19)6)24(23-15(4)10-14(3)11-16(23)5)22-13-20(9-2)18(7)29(22)25(26)27/h10-13H,8-9H2,1-7H3/b24-21+. The van der Waals surface area contributed by atoms with E-state index in [9.17, 15) is 8.63 Å². The van der Waals surface area contributed by atoms with Gasteiger partial charge in [0, 0.05) is 22.7 Å². The summed E-state index contributed by atoms with van der Waals surface area (Å²) >= 11 is 0. The lowest BCUT2D eigenvalue weighted by Gasteiger charge is -2.18. The van der Waals surface area contributed by atoms with Gasteiger partial charge in [-0.3, -0.25) is 13.6 Å². The molecule has 0 atom stereocenters. The maximum Gasteiger partial charge on any atom is 0.677 e. The van der Waals surface area contributed by atoms with E-state index in [0.717, 1.165) is 51.2 Å². The summed E-state index contributed by atoms with van der Waals surface area (Å²) in [6.45, 7) is 14.0. The van der Waals surface area contributed by atoms with E-state index in [-0.39, 0.29) is 0 Å². The first-order valence-corrected chi connectivity index (χ1v) is 10.3. The van der Waals surface area contributed by atoms with Crippen molar-refractivity contribution in [1.29, 1.82) is 0 Å². The molecule has 0 saturated heterocycles. The smallest absolute Gasteiger partial charge is 0.329 e. The lowest BCUT2D eigenvalue weighted by Crippen LogP contribution is -2.18. The van der Waals surface area contributed by atoms with E-state index >= 15 is 0 Å². The van der Waals surface area contributed by atoms with Crippen molar-refractivity contribution in [3.63, 3.8) is 0 Å². The first-order valence-electron chi connectivity index (χ1n) is 10.3. The monoisotopic (exact) mass is 394 g/mol. The zero-order chi connectivity index (χ0) is 21.5. The second-order valence-electron chi connectivity index (χ2n) is 7.90. The molecule has 3 rings (SSSR count). The van der Waals surface area contributed by atoms with Gasteiger partial charge in [0.2, 0.25) is 0 Å². The van der Waals surface area contributed by atoms with Crippen LogP contribution < -0.4 is 0 Å². The molecule has 5 heteroatoms. The van der Waals surface area contributed by atoms with Crippen LogP contribution in [0.3, 0.4) is 0 Å². The molecule has 0 spiro atoms. The summed E-state index contributed by atoms with van der Waals surface area (Å²) in [5.41, 5.74) is 10.1. The molecule has 0 aliphatic carbocycles. The number of allylic oxidation sites excluding steroid dienone is 2. The Labute approximate surface area is 173 Å². The van der Waals surface area contributed by atoms with Crippen molar-refractivity contribution >= 4 is 18.7 Å². The SMILES string of the molecule is CCC1=C/C(=C(\c2c(C)cc(C)cc2C)c2cc(CC)c(C)n2B(F)F)N=C1C. The van der Waals surface area contributed by atoms with Gasteiger partial charge in [-0.25, -0.2) is 0 Å². The van der Waals surface area contributed by atoms with E-state index in [4.69, 9.17) is 4.99 Å². The quantitative estimate of drug-likeness (QED) is 0.507. The zero-order valence-corrected chi connectivity index (χ0v) is 18.5. The molecule has 1 aromatic heterocycles. The second kappa shape index (κ2) is 8.13. The van der Waals surface area contributed by atoms with Gasteiger partial charge in [-0.05, 0) is 87.4 Å². The Bertz CT molecular complexity index is 1030. The van der Waals surface area contributed by atoms with E-state index in [2.05, 4.69) is 45.9 Å². The molecule has 2 nitrogen and oxygen atoms in total. The third-order valence-electron chi connectivity index (χ3n) is 5.86. The van der Waals surface area contributed by atoms with Crippen molar-refractivity contribution in [2.45, 2.75) is 61.3 Å². The highest BCUT2D eigenvalue weighted by molar-refractivity contribution is 6.41. The summed E-state index contributed by atoms with van der Waals surface area (Å²) in [6, 6.07) is 6.15. The molecule has 0 saturated carbocycles. The van der Waals surface area contributed by atoms with Gasteiger partial charge in [0.05, 0.1) is 5.70 Å². The summed E-state index contributed by atoms with van der Waals surface area (Å²) in [5, 5.41) is 0. The highest BCUT2D eigenvalue weighted by Gasteiger charge is 2.29. The van der Waals surface area contributed by atoms with Gasteiger partial charge in [0.15, 0.2) is 0 Å². The average molecular weight is 394 g/mol. The molecule has 1 aromatic carbocycles. The summed E-state index contributed by atoms with van der Waals surface area (Å²) in [7, 11) is -2.60. The van der Waals surface area contributed by atoms with Crippen LogP contribution in [0, 0.1) is 27.7 Å². The Morgan fingerprint density at radius 1 is 0.966 bits per heavy atom. The van der Waals surface area contributed by atoms with Crippen molar-refractivity contribution in [3.8, 4) is 0 Å². The van der Waals surface area contributed by atoms with Gasteiger partial charge < -0.3 is 4.48 Å². The predicted octanol–water partition coefficient (Wildman–Crippen LogP) is 6.63. The zero-order valence-electron chi connectivity index (χ0n) is 18.5. The van der Waals surface area contributed by atoms with Crippen LogP contribution in [0.1, 0.15) is 66.4 Å². The molecule has 1 aliphatic heterocycles. The lowest BCUT2D eigenvalue weighted by atomic mass is 9.89. The largest absolute Gasteiger partial charge is 0.677 e. The van der Waals surface area contributed by atoms with Crippen molar-refractivity contribution < 1.29 is 8.63 Å². The molecule has 0 amide bonds. The molecule has 29 heavy (non-hydrogen) atoms. The fraction of sp³-hybridized carbons (Fsp3) is 0.375. The Morgan fingerprint density at radius 2 is 1.59 bits per heavy atom. The topological polar surface area (TPSA) is 17.3 Å². The molecule has 2 heterocycles. The molecule has 2 aromatic rings. The van der Waals surface area contributed by atoms with Gasteiger partial charge in [-0.1, -0.05) is 31.5 Å². The number of aryl methyl sites for hydroxylation is 4. The molecule has 0 radical (unpaired) electrons. The van der Waals surface area contributed by atoms with Crippen LogP contribution in [-0.4, -0.2) is 17.6 Å². The number of aliphatic imine (C=N–C) groups is 1. The number of nitrogens with zero attached hydrogens (tertiary/aromatic N) is 2. The lowest BCUT2D eigenvalue weighted by molar-refractivity contribution is 0.623. The highest BCUT2D eigenvalue weighted by Crippen LogP contribution is 2.38. The Kier molecular flexibility index (Phi) is 5.97. The fourth-order valence-corrected chi connectivity index (χ4v) is 4.48. The fourth-order valence-electron chi connectivity index (χ4n) is 4.48.